The number of rotatable bonds is 2. The van der Waals surface area contributed by atoms with Crippen molar-refractivity contribution in [1.29, 1.82) is 5.26 Å². The molecule has 0 saturated carbocycles. The Morgan fingerprint density at radius 2 is 2.11 bits per heavy atom. The molecular formula is C12H14N4O2. The number of piperidine rings is 1. The Bertz CT molecular complexity index is 484. The van der Waals surface area contributed by atoms with Crippen molar-refractivity contribution in [2.45, 2.75) is 19.8 Å². The Labute approximate surface area is 105 Å². The maximum absolute atomic E-state index is 11.1. The number of hydrogen-bond donors (Lipinski definition) is 1. The van der Waals surface area contributed by atoms with E-state index in [2.05, 4.69) is 9.97 Å². The van der Waals surface area contributed by atoms with Gasteiger partial charge in [0, 0.05) is 13.1 Å². The van der Waals surface area contributed by atoms with E-state index in [1.807, 2.05) is 11.0 Å². The van der Waals surface area contributed by atoms with Crippen molar-refractivity contribution in [3.8, 4) is 6.07 Å². The smallest absolute Gasteiger partial charge is 0.309 e. The van der Waals surface area contributed by atoms with E-state index in [0.717, 1.165) is 0 Å². The van der Waals surface area contributed by atoms with E-state index in [0.29, 0.717) is 31.7 Å². The van der Waals surface area contributed by atoms with E-state index in [9.17, 15) is 4.79 Å². The van der Waals surface area contributed by atoms with E-state index >= 15 is 0 Å². The molecule has 1 saturated heterocycles. The molecule has 2 rings (SSSR count). The Kier molecular flexibility index (Phi) is 3.15. The molecule has 0 unspecified atom stereocenters. The number of carboxylic acids is 1. The van der Waals surface area contributed by atoms with E-state index in [1.165, 1.54) is 6.20 Å². The summed E-state index contributed by atoms with van der Waals surface area (Å²) in [6.45, 7) is 3.06. The molecule has 0 amide bonds. The largest absolute Gasteiger partial charge is 0.481 e. The zero-order chi connectivity index (χ0) is 13.2. The van der Waals surface area contributed by atoms with Gasteiger partial charge in [-0.3, -0.25) is 4.79 Å². The molecule has 1 fully saturated rings. The number of carboxylic acid groups (broad SMARTS) is 1. The van der Waals surface area contributed by atoms with Gasteiger partial charge in [0.15, 0.2) is 5.69 Å². The molecule has 6 nitrogen and oxygen atoms in total. The first-order valence-electron chi connectivity index (χ1n) is 5.76. The molecular weight excluding hydrogens is 232 g/mol. The minimum atomic E-state index is -0.743. The first kappa shape index (κ1) is 12.3. The maximum Gasteiger partial charge on any atom is 0.309 e. The summed E-state index contributed by atoms with van der Waals surface area (Å²) in [4.78, 5) is 21.2. The van der Waals surface area contributed by atoms with Gasteiger partial charge in [-0.1, -0.05) is 0 Å². The molecule has 1 N–H and O–H groups in total. The van der Waals surface area contributed by atoms with Crippen molar-refractivity contribution >= 4 is 11.8 Å². The number of hydrogen-bond acceptors (Lipinski definition) is 5. The Balaban J connectivity index is 2.05. The molecule has 2 heterocycles. The van der Waals surface area contributed by atoms with Gasteiger partial charge < -0.3 is 10.0 Å². The van der Waals surface area contributed by atoms with Gasteiger partial charge in [-0.15, -0.1) is 0 Å². The SMILES string of the molecule is CC1(C(=O)O)CCN(c2cnc(C#N)cn2)CC1. The molecule has 1 aliphatic rings. The molecule has 1 aliphatic heterocycles. The quantitative estimate of drug-likeness (QED) is 0.838. The fourth-order valence-corrected chi connectivity index (χ4v) is 1.99. The van der Waals surface area contributed by atoms with E-state index in [-0.39, 0.29) is 5.69 Å². The monoisotopic (exact) mass is 246 g/mol. The van der Waals surface area contributed by atoms with Crippen LogP contribution in [0.3, 0.4) is 0 Å². The number of nitrogens with zero attached hydrogens (tertiary/aromatic N) is 4. The van der Waals surface area contributed by atoms with Gasteiger partial charge in [0.1, 0.15) is 11.9 Å². The summed E-state index contributed by atoms with van der Waals surface area (Å²) in [6, 6.07) is 1.92. The van der Waals surface area contributed by atoms with Gasteiger partial charge in [0.25, 0.3) is 0 Å². The Morgan fingerprint density at radius 3 is 2.56 bits per heavy atom. The third kappa shape index (κ3) is 2.25. The maximum atomic E-state index is 11.1. The van der Waals surface area contributed by atoms with E-state index in [1.54, 1.807) is 13.1 Å². The lowest BCUT2D eigenvalue weighted by atomic mass is 9.80. The second-order valence-corrected chi connectivity index (χ2v) is 4.72. The van der Waals surface area contributed by atoms with Gasteiger partial charge in [-0.25, -0.2) is 9.97 Å². The van der Waals surface area contributed by atoms with Crippen LogP contribution in [0.25, 0.3) is 0 Å². The molecule has 6 heteroatoms. The number of nitriles is 1. The average Bonchev–Trinajstić information content (AvgIpc) is 2.40. The number of carbonyl (C=O) groups is 1. The number of aliphatic carboxylic acids is 1. The molecule has 1 aromatic rings. The fraction of sp³-hybridized carbons (Fsp3) is 0.500. The summed E-state index contributed by atoms with van der Waals surface area (Å²) >= 11 is 0. The van der Waals surface area contributed by atoms with E-state index < -0.39 is 11.4 Å². The summed E-state index contributed by atoms with van der Waals surface area (Å²) < 4.78 is 0. The predicted octanol–water partition coefficient (Wildman–Crippen LogP) is 1.04. The standard InChI is InChI=1S/C12H14N4O2/c1-12(11(17)18)2-4-16(5-3-12)10-8-14-9(6-13)7-15-10/h7-8H,2-5H2,1H3,(H,17,18). The molecule has 94 valence electrons. The molecule has 0 spiro atoms. The van der Waals surface area contributed by atoms with Crippen LogP contribution in [0.4, 0.5) is 5.82 Å². The molecule has 0 aliphatic carbocycles. The van der Waals surface area contributed by atoms with E-state index in [4.69, 9.17) is 10.4 Å². The minimum Gasteiger partial charge on any atom is -0.481 e. The third-order valence-electron chi connectivity index (χ3n) is 3.46. The van der Waals surface area contributed by atoms with Crippen LogP contribution in [0.15, 0.2) is 12.4 Å². The summed E-state index contributed by atoms with van der Waals surface area (Å²) in [5.74, 6) is -0.0468. The highest BCUT2D eigenvalue weighted by Crippen LogP contribution is 2.32. The summed E-state index contributed by atoms with van der Waals surface area (Å²) in [5, 5.41) is 17.8. The zero-order valence-electron chi connectivity index (χ0n) is 10.1. The Morgan fingerprint density at radius 1 is 1.44 bits per heavy atom. The van der Waals surface area contributed by atoms with Crippen molar-refractivity contribution in [2.24, 2.45) is 5.41 Å². The van der Waals surface area contributed by atoms with Gasteiger partial charge >= 0.3 is 5.97 Å². The molecule has 1 aromatic heterocycles. The van der Waals surface area contributed by atoms with Crippen LogP contribution in [0.2, 0.25) is 0 Å². The summed E-state index contributed by atoms with van der Waals surface area (Å²) in [5.41, 5.74) is -0.359. The first-order valence-corrected chi connectivity index (χ1v) is 5.76. The highest BCUT2D eigenvalue weighted by molar-refractivity contribution is 5.74. The van der Waals surface area contributed by atoms with Gasteiger partial charge in [-0.2, -0.15) is 5.26 Å². The molecule has 0 aromatic carbocycles. The van der Waals surface area contributed by atoms with Crippen LogP contribution in [0.1, 0.15) is 25.5 Å². The van der Waals surface area contributed by atoms with Crippen molar-refractivity contribution in [2.75, 3.05) is 18.0 Å². The van der Waals surface area contributed by atoms with Crippen LogP contribution >= 0.6 is 0 Å². The molecule has 0 atom stereocenters. The molecule has 0 radical (unpaired) electrons. The second kappa shape index (κ2) is 4.61. The van der Waals surface area contributed by atoms with Crippen LogP contribution in [0, 0.1) is 16.7 Å². The Hall–Kier alpha value is -2.16. The van der Waals surface area contributed by atoms with Crippen LogP contribution in [0.5, 0.6) is 0 Å². The van der Waals surface area contributed by atoms with Crippen LogP contribution < -0.4 is 4.90 Å². The van der Waals surface area contributed by atoms with Gasteiger partial charge in [0.05, 0.1) is 17.8 Å². The summed E-state index contributed by atoms with van der Waals surface area (Å²) in [6.07, 6.45) is 4.16. The topological polar surface area (TPSA) is 90.1 Å². The normalized spacial score (nSPS) is 18.1. The number of anilines is 1. The lowest BCUT2D eigenvalue weighted by Gasteiger charge is -2.36. The number of aromatic nitrogens is 2. The van der Waals surface area contributed by atoms with Crippen molar-refractivity contribution in [3.63, 3.8) is 0 Å². The van der Waals surface area contributed by atoms with Crippen LogP contribution in [-0.4, -0.2) is 34.1 Å². The lowest BCUT2D eigenvalue weighted by Crippen LogP contribution is -2.43. The van der Waals surface area contributed by atoms with Crippen molar-refractivity contribution in [3.05, 3.63) is 18.1 Å². The van der Waals surface area contributed by atoms with Crippen molar-refractivity contribution in [1.82, 2.24) is 9.97 Å². The van der Waals surface area contributed by atoms with Crippen LogP contribution in [-0.2, 0) is 4.79 Å². The highest BCUT2D eigenvalue weighted by atomic mass is 16.4. The first-order chi connectivity index (χ1) is 8.55. The third-order valence-corrected chi connectivity index (χ3v) is 3.46. The van der Waals surface area contributed by atoms with Crippen molar-refractivity contribution < 1.29 is 9.90 Å². The highest BCUT2D eigenvalue weighted by Gasteiger charge is 2.37. The zero-order valence-corrected chi connectivity index (χ0v) is 10.1. The molecule has 18 heavy (non-hydrogen) atoms. The average molecular weight is 246 g/mol. The second-order valence-electron chi connectivity index (χ2n) is 4.72. The minimum absolute atomic E-state index is 0.283. The van der Waals surface area contributed by atoms with Gasteiger partial charge in [0.2, 0.25) is 0 Å². The van der Waals surface area contributed by atoms with Gasteiger partial charge in [-0.05, 0) is 19.8 Å². The fourth-order valence-electron chi connectivity index (χ4n) is 1.99. The molecule has 0 bridgehead atoms. The summed E-state index contributed by atoms with van der Waals surface area (Å²) in [7, 11) is 0. The predicted molar refractivity (Wildman–Crippen MR) is 63.9 cm³/mol. The lowest BCUT2D eigenvalue weighted by molar-refractivity contribution is -0.149.